The largest absolute Gasteiger partial charge is 0.302 e. The highest BCUT2D eigenvalue weighted by Gasteiger charge is 2.29. The van der Waals surface area contributed by atoms with Gasteiger partial charge in [0.15, 0.2) is 15.0 Å². The second kappa shape index (κ2) is 7.61. The summed E-state index contributed by atoms with van der Waals surface area (Å²) in [4.78, 5) is 17.2. The van der Waals surface area contributed by atoms with Crippen molar-refractivity contribution in [3.63, 3.8) is 0 Å². The number of anilines is 1. The molecule has 2 heterocycles. The molecule has 134 valence electrons. The third-order valence-corrected chi connectivity index (χ3v) is 7.33. The topological polar surface area (TPSA) is 76.1 Å². The summed E-state index contributed by atoms with van der Waals surface area (Å²) in [5.41, 5.74) is 0.895. The Morgan fingerprint density at radius 3 is 2.88 bits per heavy atom. The monoisotopic (exact) mass is 418 g/mol. The fourth-order valence-corrected chi connectivity index (χ4v) is 5.87. The average molecular weight is 419 g/mol. The van der Waals surface area contributed by atoms with Crippen LogP contribution in [0.15, 0.2) is 24.4 Å². The highest BCUT2D eigenvalue weighted by molar-refractivity contribution is 7.91. The Balaban J connectivity index is 1.58. The number of nitrogens with zero attached hydrogens (tertiary/aromatic N) is 1. The van der Waals surface area contributed by atoms with Crippen molar-refractivity contribution in [2.75, 3.05) is 16.8 Å². The number of amides is 1. The molecule has 1 N–H and O–H groups in total. The van der Waals surface area contributed by atoms with Crippen LogP contribution in [-0.4, -0.2) is 30.8 Å². The Morgan fingerprint density at radius 1 is 1.36 bits per heavy atom. The summed E-state index contributed by atoms with van der Waals surface area (Å²) in [6.45, 7) is 0. The van der Waals surface area contributed by atoms with Gasteiger partial charge in [-0.05, 0) is 36.1 Å². The summed E-state index contributed by atoms with van der Waals surface area (Å²) in [5.74, 6) is -0.0395. The summed E-state index contributed by atoms with van der Waals surface area (Å²) in [7, 11) is -2.97. The smallest absolute Gasteiger partial charge is 0.226 e. The van der Waals surface area contributed by atoms with Crippen LogP contribution in [-0.2, 0) is 21.1 Å². The zero-order chi connectivity index (χ0) is 18.0. The second-order valence-electron chi connectivity index (χ2n) is 6.07. The molecule has 1 saturated heterocycles. The van der Waals surface area contributed by atoms with Crippen molar-refractivity contribution in [2.45, 2.75) is 19.3 Å². The lowest BCUT2D eigenvalue weighted by molar-refractivity contribution is -0.116. The molecule has 0 bridgehead atoms. The molecular formula is C16H16Cl2N2O3S2. The number of aromatic nitrogens is 1. The van der Waals surface area contributed by atoms with Gasteiger partial charge in [-0.3, -0.25) is 4.79 Å². The van der Waals surface area contributed by atoms with E-state index in [1.54, 1.807) is 18.3 Å². The highest BCUT2D eigenvalue weighted by Crippen LogP contribution is 2.27. The zero-order valence-corrected chi connectivity index (χ0v) is 16.3. The average Bonchev–Trinajstić information content (AvgIpc) is 3.09. The van der Waals surface area contributed by atoms with Gasteiger partial charge in [0, 0.05) is 34.0 Å². The predicted molar refractivity (Wildman–Crippen MR) is 101 cm³/mol. The number of benzene rings is 1. The molecule has 1 aliphatic heterocycles. The molecule has 25 heavy (non-hydrogen) atoms. The third-order valence-electron chi connectivity index (χ3n) is 3.97. The number of thiazole rings is 1. The van der Waals surface area contributed by atoms with Crippen LogP contribution in [0.2, 0.25) is 10.0 Å². The minimum absolute atomic E-state index is 0.0941. The molecule has 0 aliphatic carbocycles. The van der Waals surface area contributed by atoms with Gasteiger partial charge in [-0.1, -0.05) is 23.2 Å². The van der Waals surface area contributed by atoms with Crippen molar-refractivity contribution < 1.29 is 13.2 Å². The van der Waals surface area contributed by atoms with Crippen LogP contribution in [0.3, 0.4) is 0 Å². The lowest BCUT2D eigenvalue weighted by Crippen LogP contribution is -2.17. The quantitative estimate of drug-likeness (QED) is 0.800. The molecule has 9 heteroatoms. The SMILES string of the molecule is O=C(CC1CCS(=O)(=O)C1)Nc1ncc(Cc2cc(Cl)ccc2Cl)s1. The van der Waals surface area contributed by atoms with Gasteiger partial charge in [0.25, 0.3) is 0 Å². The standard InChI is InChI=1S/C16H16Cl2N2O3S2/c17-12-1-2-14(18)11(6-12)7-13-8-19-16(24-13)20-15(21)5-10-3-4-25(22,23)9-10/h1-2,6,8,10H,3-5,7,9H2,(H,19,20,21). The van der Waals surface area contributed by atoms with Gasteiger partial charge in [0.1, 0.15) is 0 Å². The van der Waals surface area contributed by atoms with E-state index in [2.05, 4.69) is 10.3 Å². The normalized spacial score (nSPS) is 19.0. The summed E-state index contributed by atoms with van der Waals surface area (Å²) >= 11 is 13.5. The maximum atomic E-state index is 12.1. The number of carbonyl (C=O) groups excluding carboxylic acids is 1. The van der Waals surface area contributed by atoms with Crippen molar-refractivity contribution >= 4 is 55.4 Å². The van der Waals surface area contributed by atoms with E-state index in [9.17, 15) is 13.2 Å². The molecule has 1 unspecified atom stereocenters. The minimum Gasteiger partial charge on any atom is -0.302 e. The molecule has 0 saturated carbocycles. The maximum Gasteiger partial charge on any atom is 0.226 e. The summed E-state index contributed by atoms with van der Waals surface area (Å²) in [6.07, 6.45) is 3.02. The van der Waals surface area contributed by atoms with Gasteiger partial charge in [-0.25, -0.2) is 13.4 Å². The van der Waals surface area contributed by atoms with Crippen molar-refractivity contribution in [2.24, 2.45) is 5.92 Å². The van der Waals surface area contributed by atoms with Crippen LogP contribution in [0.4, 0.5) is 5.13 Å². The van der Waals surface area contributed by atoms with Crippen LogP contribution >= 0.6 is 34.5 Å². The second-order valence-corrected chi connectivity index (χ2v) is 10.3. The molecule has 3 rings (SSSR count). The van der Waals surface area contributed by atoms with Crippen molar-refractivity contribution in [1.82, 2.24) is 4.98 Å². The first-order valence-electron chi connectivity index (χ1n) is 7.69. The summed E-state index contributed by atoms with van der Waals surface area (Å²) < 4.78 is 22.9. The number of carbonyl (C=O) groups is 1. The third kappa shape index (κ3) is 5.17. The van der Waals surface area contributed by atoms with E-state index in [0.717, 1.165) is 10.4 Å². The van der Waals surface area contributed by atoms with Crippen molar-refractivity contribution in [1.29, 1.82) is 0 Å². The van der Waals surface area contributed by atoms with E-state index in [1.807, 2.05) is 6.07 Å². The van der Waals surface area contributed by atoms with E-state index in [0.29, 0.717) is 28.0 Å². The zero-order valence-electron chi connectivity index (χ0n) is 13.2. The number of hydrogen-bond acceptors (Lipinski definition) is 5. The lowest BCUT2D eigenvalue weighted by atomic mass is 10.1. The Bertz CT molecular complexity index is 897. The number of nitrogens with one attached hydrogen (secondary N) is 1. The first-order chi connectivity index (χ1) is 11.8. The molecule has 2 aromatic rings. The highest BCUT2D eigenvalue weighted by atomic mass is 35.5. The molecule has 1 fully saturated rings. The molecule has 5 nitrogen and oxygen atoms in total. The van der Waals surface area contributed by atoms with Crippen molar-refractivity contribution in [3.05, 3.63) is 44.9 Å². The number of rotatable bonds is 5. The first-order valence-corrected chi connectivity index (χ1v) is 11.1. The number of sulfone groups is 1. The van der Waals surface area contributed by atoms with E-state index in [1.165, 1.54) is 11.3 Å². The van der Waals surface area contributed by atoms with Gasteiger partial charge in [0.2, 0.25) is 5.91 Å². The Kier molecular flexibility index (Phi) is 5.68. The molecule has 1 amide bonds. The molecule has 1 aliphatic rings. The number of hydrogen-bond donors (Lipinski definition) is 1. The van der Waals surface area contributed by atoms with E-state index >= 15 is 0 Å². The van der Waals surface area contributed by atoms with Crippen LogP contribution < -0.4 is 5.32 Å². The van der Waals surface area contributed by atoms with Crippen LogP contribution in [0.1, 0.15) is 23.3 Å². The van der Waals surface area contributed by atoms with Crippen LogP contribution in [0.5, 0.6) is 0 Å². The van der Waals surface area contributed by atoms with Gasteiger partial charge >= 0.3 is 0 Å². The summed E-state index contributed by atoms with van der Waals surface area (Å²) in [6, 6.07) is 5.29. The van der Waals surface area contributed by atoms with Crippen LogP contribution in [0, 0.1) is 5.92 Å². The maximum absolute atomic E-state index is 12.1. The molecule has 1 aromatic carbocycles. The number of halogens is 2. The molecule has 0 radical (unpaired) electrons. The fraction of sp³-hybridized carbons (Fsp3) is 0.375. The van der Waals surface area contributed by atoms with Gasteiger partial charge in [-0.2, -0.15) is 0 Å². The molecule has 0 spiro atoms. The minimum atomic E-state index is -2.97. The molecule has 1 aromatic heterocycles. The van der Waals surface area contributed by atoms with Crippen molar-refractivity contribution in [3.8, 4) is 0 Å². The van der Waals surface area contributed by atoms with E-state index in [4.69, 9.17) is 23.2 Å². The Morgan fingerprint density at radius 2 is 2.16 bits per heavy atom. The Labute approximate surface area is 160 Å². The first kappa shape index (κ1) is 18.6. The molecular weight excluding hydrogens is 403 g/mol. The van der Waals surface area contributed by atoms with Crippen LogP contribution in [0.25, 0.3) is 0 Å². The predicted octanol–water partition coefficient (Wildman–Crippen LogP) is 3.80. The molecule has 1 atom stereocenters. The summed E-state index contributed by atoms with van der Waals surface area (Å²) in [5, 5.41) is 4.49. The van der Waals surface area contributed by atoms with E-state index in [-0.39, 0.29) is 29.8 Å². The van der Waals surface area contributed by atoms with Gasteiger partial charge in [0.05, 0.1) is 11.5 Å². The van der Waals surface area contributed by atoms with E-state index < -0.39 is 9.84 Å². The van der Waals surface area contributed by atoms with Gasteiger partial charge < -0.3 is 5.32 Å². The fourth-order valence-electron chi connectivity index (χ4n) is 2.78. The van der Waals surface area contributed by atoms with Gasteiger partial charge in [-0.15, -0.1) is 11.3 Å². The lowest BCUT2D eigenvalue weighted by Gasteiger charge is -2.06. The Hall–Kier alpha value is -1.15.